The molecule has 2 aromatic rings. The summed E-state index contributed by atoms with van der Waals surface area (Å²) in [6, 6.07) is 7.64. The number of rotatable bonds is 5. The number of carbonyl (C=O) groups excluding carboxylic acids is 2. The van der Waals surface area contributed by atoms with Gasteiger partial charge in [0.05, 0.1) is 12.6 Å². The van der Waals surface area contributed by atoms with Gasteiger partial charge >= 0.3 is 6.03 Å². The first-order valence-electron chi connectivity index (χ1n) is 11.4. The largest absolute Gasteiger partial charge is 0.343 e. The topological polar surface area (TPSA) is 83.4 Å². The van der Waals surface area contributed by atoms with Crippen LogP contribution in [0, 0.1) is 12.8 Å². The average molecular weight is 459 g/mol. The number of likely N-dealkylation sites (tertiary alicyclic amines) is 2. The van der Waals surface area contributed by atoms with Crippen LogP contribution in [0.1, 0.15) is 55.9 Å². The molecule has 32 heavy (non-hydrogen) atoms. The molecule has 0 radical (unpaired) electrons. The molecule has 0 saturated carbocycles. The molecule has 8 nitrogen and oxygen atoms in total. The summed E-state index contributed by atoms with van der Waals surface area (Å²) in [5, 5.41) is 12.6. The molecular weight excluding hydrogens is 428 g/mol. The van der Waals surface area contributed by atoms with Crippen molar-refractivity contribution in [3.8, 4) is 0 Å². The fourth-order valence-corrected chi connectivity index (χ4v) is 4.80. The van der Waals surface area contributed by atoms with Crippen molar-refractivity contribution in [2.24, 2.45) is 5.92 Å². The molecule has 3 amide bonds. The third-order valence-corrected chi connectivity index (χ3v) is 6.88. The Balaban J connectivity index is 1.39. The van der Waals surface area contributed by atoms with E-state index in [0.717, 1.165) is 56.0 Å². The van der Waals surface area contributed by atoms with E-state index in [-0.39, 0.29) is 18.0 Å². The van der Waals surface area contributed by atoms with Crippen LogP contribution in [0.4, 0.5) is 4.79 Å². The fourth-order valence-electron chi connectivity index (χ4n) is 4.68. The van der Waals surface area contributed by atoms with Crippen LogP contribution >= 0.6 is 11.6 Å². The molecule has 3 heterocycles. The summed E-state index contributed by atoms with van der Waals surface area (Å²) in [6.07, 6.45) is 3.68. The maximum absolute atomic E-state index is 13.0. The van der Waals surface area contributed by atoms with Gasteiger partial charge in [0.15, 0.2) is 5.82 Å². The summed E-state index contributed by atoms with van der Waals surface area (Å²) in [6.45, 7) is 7.11. The van der Waals surface area contributed by atoms with E-state index >= 15 is 0 Å². The molecule has 9 heteroatoms. The summed E-state index contributed by atoms with van der Waals surface area (Å²) in [4.78, 5) is 28.3. The van der Waals surface area contributed by atoms with Gasteiger partial charge in [0.2, 0.25) is 5.91 Å². The van der Waals surface area contributed by atoms with Gasteiger partial charge < -0.3 is 19.7 Å². The lowest BCUT2D eigenvalue weighted by Crippen LogP contribution is -2.44. The van der Waals surface area contributed by atoms with Crippen molar-refractivity contribution in [1.82, 2.24) is 29.9 Å². The molecule has 4 rings (SSSR count). The number of urea groups is 1. The van der Waals surface area contributed by atoms with Gasteiger partial charge in [0.25, 0.3) is 0 Å². The number of nitrogens with zero attached hydrogens (tertiary/aromatic N) is 5. The number of halogens is 1. The second kappa shape index (κ2) is 9.90. The third kappa shape index (κ3) is 5.06. The summed E-state index contributed by atoms with van der Waals surface area (Å²) < 4.78 is 2.09. The first-order valence-corrected chi connectivity index (χ1v) is 11.7. The molecule has 1 unspecified atom stereocenters. The molecule has 0 bridgehead atoms. The van der Waals surface area contributed by atoms with E-state index < -0.39 is 0 Å². The van der Waals surface area contributed by atoms with Crippen LogP contribution in [-0.2, 0) is 11.3 Å². The molecule has 172 valence electrons. The number of amides is 3. The van der Waals surface area contributed by atoms with Crippen molar-refractivity contribution in [2.75, 3.05) is 26.2 Å². The maximum Gasteiger partial charge on any atom is 0.318 e. The zero-order chi connectivity index (χ0) is 22.7. The van der Waals surface area contributed by atoms with E-state index in [2.05, 4.69) is 20.1 Å². The van der Waals surface area contributed by atoms with Gasteiger partial charge in [-0.3, -0.25) is 4.79 Å². The predicted octanol–water partition coefficient (Wildman–Crippen LogP) is 3.39. The molecule has 2 aliphatic rings. The minimum atomic E-state index is -0.0805. The smallest absolute Gasteiger partial charge is 0.318 e. The monoisotopic (exact) mass is 458 g/mol. The lowest BCUT2D eigenvalue weighted by molar-refractivity contribution is -0.130. The van der Waals surface area contributed by atoms with E-state index in [1.165, 1.54) is 0 Å². The van der Waals surface area contributed by atoms with Gasteiger partial charge in [-0.15, -0.1) is 10.2 Å². The minimum absolute atomic E-state index is 0.0415. The Morgan fingerprint density at radius 3 is 2.50 bits per heavy atom. The Labute approximate surface area is 193 Å². The highest BCUT2D eigenvalue weighted by atomic mass is 35.5. The van der Waals surface area contributed by atoms with Gasteiger partial charge in [0, 0.05) is 38.1 Å². The molecular formula is C23H31ClN6O2. The molecule has 1 N–H and O–H groups in total. The van der Waals surface area contributed by atoms with Crippen LogP contribution in [-0.4, -0.2) is 62.7 Å². The Bertz CT molecular complexity index is 952. The highest BCUT2D eigenvalue weighted by Crippen LogP contribution is 2.31. The van der Waals surface area contributed by atoms with E-state index in [1.54, 1.807) is 6.92 Å². The van der Waals surface area contributed by atoms with E-state index in [0.29, 0.717) is 30.6 Å². The number of hydrogen-bond acceptors (Lipinski definition) is 4. The average Bonchev–Trinajstić information content (AvgIpc) is 3.41. The highest BCUT2D eigenvalue weighted by molar-refractivity contribution is 6.30. The molecule has 0 spiro atoms. The quantitative estimate of drug-likeness (QED) is 0.744. The molecule has 2 fully saturated rings. The van der Waals surface area contributed by atoms with Crippen LogP contribution in [0.2, 0.25) is 5.02 Å². The van der Waals surface area contributed by atoms with E-state index in [1.807, 2.05) is 41.0 Å². The molecule has 1 aromatic carbocycles. The van der Waals surface area contributed by atoms with Crippen molar-refractivity contribution in [3.05, 3.63) is 46.5 Å². The van der Waals surface area contributed by atoms with Crippen LogP contribution in [0.25, 0.3) is 0 Å². The number of aryl methyl sites for hydroxylation is 1. The minimum Gasteiger partial charge on any atom is -0.343 e. The fraction of sp³-hybridized carbons (Fsp3) is 0.565. The van der Waals surface area contributed by atoms with Gasteiger partial charge in [-0.25, -0.2) is 4.79 Å². The number of piperidine rings is 1. The zero-order valence-electron chi connectivity index (χ0n) is 18.8. The van der Waals surface area contributed by atoms with Crippen LogP contribution in [0.15, 0.2) is 24.3 Å². The SMILES string of the molecule is CC(=O)N1CCC(CNC(=O)N2CCCC2c2nnc(C)n2Cc2ccc(Cl)cc2)CC1. The maximum atomic E-state index is 13.0. The van der Waals surface area contributed by atoms with Crippen LogP contribution < -0.4 is 5.32 Å². The lowest BCUT2D eigenvalue weighted by Gasteiger charge is -2.32. The molecule has 2 aliphatic heterocycles. The second-order valence-electron chi connectivity index (χ2n) is 8.80. The molecule has 0 aliphatic carbocycles. The number of hydrogen-bond donors (Lipinski definition) is 1. The number of benzene rings is 1. The van der Waals surface area contributed by atoms with Crippen molar-refractivity contribution < 1.29 is 9.59 Å². The Morgan fingerprint density at radius 2 is 1.81 bits per heavy atom. The van der Waals surface area contributed by atoms with E-state index in [9.17, 15) is 9.59 Å². The highest BCUT2D eigenvalue weighted by Gasteiger charge is 2.34. The second-order valence-corrected chi connectivity index (χ2v) is 9.24. The van der Waals surface area contributed by atoms with E-state index in [4.69, 9.17) is 11.6 Å². The third-order valence-electron chi connectivity index (χ3n) is 6.63. The molecule has 1 atom stereocenters. The molecule has 1 aromatic heterocycles. The normalized spacial score (nSPS) is 19.4. The van der Waals surface area contributed by atoms with Crippen LogP contribution in [0.3, 0.4) is 0 Å². The van der Waals surface area contributed by atoms with Crippen molar-refractivity contribution >= 4 is 23.5 Å². The Morgan fingerprint density at radius 1 is 1.09 bits per heavy atom. The Kier molecular flexibility index (Phi) is 6.98. The van der Waals surface area contributed by atoms with Crippen molar-refractivity contribution in [2.45, 2.75) is 52.1 Å². The zero-order valence-corrected chi connectivity index (χ0v) is 19.5. The Hall–Kier alpha value is -2.61. The summed E-state index contributed by atoms with van der Waals surface area (Å²) in [7, 11) is 0. The first-order chi connectivity index (χ1) is 15.4. The standard InChI is InChI=1S/C23H31ClN6O2/c1-16-26-27-22(30(16)15-19-5-7-20(24)8-6-19)21-4-3-11-29(21)23(32)25-14-18-9-12-28(13-10-18)17(2)31/h5-8,18,21H,3-4,9-15H2,1-2H3,(H,25,32). The number of aromatic nitrogens is 3. The summed E-state index contributed by atoms with van der Waals surface area (Å²) in [5.41, 5.74) is 1.12. The van der Waals surface area contributed by atoms with Gasteiger partial charge in [-0.05, 0) is 56.2 Å². The van der Waals surface area contributed by atoms with Crippen LogP contribution in [0.5, 0.6) is 0 Å². The lowest BCUT2D eigenvalue weighted by atomic mass is 9.97. The van der Waals surface area contributed by atoms with Gasteiger partial charge in [-0.2, -0.15) is 0 Å². The van der Waals surface area contributed by atoms with Crippen molar-refractivity contribution in [1.29, 1.82) is 0 Å². The first kappa shape index (κ1) is 22.6. The summed E-state index contributed by atoms with van der Waals surface area (Å²) in [5.74, 6) is 2.20. The van der Waals surface area contributed by atoms with Crippen molar-refractivity contribution in [3.63, 3.8) is 0 Å². The molecule has 2 saturated heterocycles. The number of nitrogens with one attached hydrogen (secondary N) is 1. The summed E-state index contributed by atoms with van der Waals surface area (Å²) >= 11 is 6.02. The van der Waals surface area contributed by atoms with Gasteiger partial charge in [-0.1, -0.05) is 23.7 Å². The van der Waals surface area contributed by atoms with Gasteiger partial charge in [0.1, 0.15) is 5.82 Å². The number of carbonyl (C=O) groups is 2. The predicted molar refractivity (Wildman–Crippen MR) is 122 cm³/mol.